The van der Waals surface area contributed by atoms with Crippen LogP contribution in [-0.2, 0) is 15.9 Å². The van der Waals surface area contributed by atoms with Crippen LogP contribution in [0, 0.1) is 5.92 Å². The molecule has 0 spiro atoms. The van der Waals surface area contributed by atoms with Crippen molar-refractivity contribution in [3.05, 3.63) is 16.5 Å². The van der Waals surface area contributed by atoms with Gasteiger partial charge in [-0.25, -0.2) is 8.42 Å². The zero-order valence-electron chi connectivity index (χ0n) is 10.2. The summed E-state index contributed by atoms with van der Waals surface area (Å²) in [4.78, 5) is 0.146. The van der Waals surface area contributed by atoms with Crippen LogP contribution in [-0.4, -0.2) is 25.8 Å². The van der Waals surface area contributed by atoms with E-state index in [1.165, 1.54) is 10.4 Å². The molecule has 0 radical (unpaired) electrons. The SMILES string of the molecule is CC(C1CC1)N(C)S(=O)(=O)c1cc(CCl)oc1Br. The van der Waals surface area contributed by atoms with E-state index in [1.807, 2.05) is 6.92 Å². The van der Waals surface area contributed by atoms with E-state index >= 15 is 0 Å². The fraction of sp³-hybridized carbons (Fsp3) is 0.636. The largest absolute Gasteiger partial charge is 0.452 e. The van der Waals surface area contributed by atoms with E-state index in [9.17, 15) is 8.42 Å². The van der Waals surface area contributed by atoms with Crippen molar-refractivity contribution in [3.8, 4) is 0 Å². The molecule has 0 bridgehead atoms. The summed E-state index contributed by atoms with van der Waals surface area (Å²) in [6, 6.07) is 1.49. The van der Waals surface area contributed by atoms with Crippen LogP contribution in [0.1, 0.15) is 25.5 Å². The van der Waals surface area contributed by atoms with E-state index in [0.717, 1.165) is 12.8 Å². The van der Waals surface area contributed by atoms with Gasteiger partial charge in [-0.2, -0.15) is 4.31 Å². The van der Waals surface area contributed by atoms with Crippen LogP contribution in [0.5, 0.6) is 0 Å². The third-order valence-electron chi connectivity index (χ3n) is 3.37. The van der Waals surface area contributed by atoms with Gasteiger partial charge in [-0.3, -0.25) is 0 Å². The Bertz CT molecular complexity index is 538. The molecule has 0 N–H and O–H groups in total. The molecule has 7 heteroatoms. The maximum atomic E-state index is 12.4. The number of hydrogen-bond acceptors (Lipinski definition) is 3. The first-order chi connectivity index (χ1) is 8.37. The highest BCUT2D eigenvalue weighted by atomic mass is 79.9. The normalized spacial score (nSPS) is 18.3. The standard InChI is InChI=1S/C11H15BrClNO3S/c1-7(8-3-4-8)14(2)18(15,16)10-5-9(6-13)17-11(10)12/h5,7-8H,3-4,6H2,1-2H3. The minimum Gasteiger partial charge on any atom is -0.452 e. The zero-order valence-corrected chi connectivity index (χ0v) is 13.3. The van der Waals surface area contributed by atoms with Gasteiger partial charge in [0.1, 0.15) is 10.7 Å². The lowest BCUT2D eigenvalue weighted by Crippen LogP contribution is -2.36. The number of hydrogen-bond donors (Lipinski definition) is 0. The lowest BCUT2D eigenvalue weighted by atomic mass is 10.2. The predicted octanol–water partition coefficient (Wildman–Crippen LogP) is 3.20. The second kappa shape index (κ2) is 5.15. The van der Waals surface area contributed by atoms with Crippen LogP contribution in [0.25, 0.3) is 0 Å². The Morgan fingerprint density at radius 2 is 2.22 bits per heavy atom. The topological polar surface area (TPSA) is 50.5 Å². The number of rotatable bonds is 5. The Morgan fingerprint density at radius 1 is 1.61 bits per heavy atom. The molecule has 0 amide bonds. The molecular weight excluding hydrogens is 342 g/mol. The van der Waals surface area contributed by atoms with E-state index in [0.29, 0.717) is 11.7 Å². The molecule has 0 saturated heterocycles. The summed E-state index contributed by atoms with van der Waals surface area (Å²) in [6.07, 6.45) is 2.20. The molecule has 1 heterocycles. The average molecular weight is 357 g/mol. The quantitative estimate of drug-likeness (QED) is 0.761. The molecule has 102 valence electrons. The Kier molecular flexibility index (Phi) is 4.11. The minimum absolute atomic E-state index is 0.0104. The highest BCUT2D eigenvalue weighted by molar-refractivity contribution is 9.10. The summed E-state index contributed by atoms with van der Waals surface area (Å²) >= 11 is 8.77. The number of halogens is 2. The van der Waals surface area contributed by atoms with Gasteiger partial charge in [-0.1, -0.05) is 0 Å². The molecule has 1 unspecified atom stereocenters. The summed E-state index contributed by atoms with van der Waals surface area (Å²) in [7, 11) is -1.92. The van der Waals surface area contributed by atoms with E-state index in [1.54, 1.807) is 7.05 Å². The molecule has 1 aromatic rings. The Balaban J connectivity index is 2.31. The van der Waals surface area contributed by atoms with Gasteiger partial charge in [-0.15, -0.1) is 11.6 Å². The fourth-order valence-corrected chi connectivity index (χ4v) is 4.40. The van der Waals surface area contributed by atoms with Crippen molar-refractivity contribution in [3.63, 3.8) is 0 Å². The third kappa shape index (κ3) is 2.61. The summed E-state index contributed by atoms with van der Waals surface area (Å²) in [5.41, 5.74) is 0. The van der Waals surface area contributed by atoms with Gasteiger partial charge in [0.15, 0.2) is 4.67 Å². The van der Waals surface area contributed by atoms with E-state index < -0.39 is 10.0 Å². The number of alkyl halides is 1. The lowest BCUT2D eigenvalue weighted by molar-refractivity contribution is 0.356. The molecule has 0 aliphatic heterocycles. The first kappa shape index (κ1) is 14.4. The van der Waals surface area contributed by atoms with E-state index in [-0.39, 0.29) is 21.5 Å². The van der Waals surface area contributed by atoms with Crippen LogP contribution in [0.3, 0.4) is 0 Å². The molecular formula is C11H15BrClNO3S. The van der Waals surface area contributed by atoms with Crippen LogP contribution < -0.4 is 0 Å². The maximum absolute atomic E-state index is 12.4. The number of nitrogens with zero attached hydrogens (tertiary/aromatic N) is 1. The van der Waals surface area contributed by atoms with Crippen LogP contribution >= 0.6 is 27.5 Å². The second-order valence-electron chi connectivity index (χ2n) is 4.58. The second-order valence-corrected chi connectivity index (χ2v) is 7.54. The third-order valence-corrected chi connectivity index (χ3v) is 6.44. The Labute approximate surface area is 120 Å². The molecule has 1 atom stereocenters. The van der Waals surface area contributed by atoms with Crippen molar-refractivity contribution >= 4 is 37.6 Å². The van der Waals surface area contributed by atoms with Crippen molar-refractivity contribution in [2.24, 2.45) is 5.92 Å². The van der Waals surface area contributed by atoms with Crippen molar-refractivity contribution in [1.82, 2.24) is 4.31 Å². The van der Waals surface area contributed by atoms with Gasteiger partial charge in [-0.05, 0) is 41.6 Å². The van der Waals surface area contributed by atoms with Gasteiger partial charge in [0, 0.05) is 19.2 Å². The molecule has 2 rings (SSSR count). The summed E-state index contributed by atoms with van der Waals surface area (Å²) < 4.78 is 31.8. The Morgan fingerprint density at radius 3 is 2.67 bits per heavy atom. The van der Waals surface area contributed by atoms with E-state index in [4.69, 9.17) is 16.0 Å². The van der Waals surface area contributed by atoms with Gasteiger partial charge >= 0.3 is 0 Å². The van der Waals surface area contributed by atoms with Crippen LogP contribution in [0.4, 0.5) is 0 Å². The molecule has 1 aromatic heterocycles. The smallest absolute Gasteiger partial charge is 0.247 e. The van der Waals surface area contributed by atoms with E-state index in [2.05, 4.69) is 15.9 Å². The molecule has 0 aromatic carbocycles. The molecule has 1 saturated carbocycles. The van der Waals surface area contributed by atoms with Gasteiger partial charge in [0.2, 0.25) is 10.0 Å². The Hall–Kier alpha value is -0.0400. The van der Waals surface area contributed by atoms with Gasteiger partial charge < -0.3 is 4.42 Å². The number of sulfonamides is 1. The average Bonchev–Trinajstić information content (AvgIpc) is 3.10. The highest BCUT2D eigenvalue weighted by Gasteiger charge is 2.37. The monoisotopic (exact) mass is 355 g/mol. The number of furan rings is 1. The lowest BCUT2D eigenvalue weighted by Gasteiger charge is -2.23. The molecule has 1 aliphatic carbocycles. The van der Waals surface area contributed by atoms with Crippen molar-refractivity contribution in [2.75, 3.05) is 7.05 Å². The van der Waals surface area contributed by atoms with Crippen molar-refractivity contribution in [1.29, 1.82) is 0 Å². The van der Waals surface area contributed by atoms with Gasteiger partial charge in [0.05, 0.1) is 5.88 Å². The van der Waals surface area contributed by atoms with Crippen molar-refractivity contribution < 1.29 is 12.8 Å². The van der Waals surface area contributed by atoms with Crippen molar-refractivity contribution in [2.45, 2.75) is 36.6 Å². The summed E-state index contributed by atoms with van der Waals surface area (Å²) in [5.74, 6) is 1.06. The molecule has 1 fully saturated rings. The molecule has 4 nitrogen and oxygen atoms in total. The first-order valence-electron chi connectivity index (χ1n) is 5.70. The van der Waals surface area contributed by atoms with Crippen LogP contribution in [0.15, 0.2) is 20.0 Å². The first-order valence-corrected chi connectivity index (χ1v) is 8.47. The summed E-state index contributed by atoms with van der Waals surface area (Å²) in [5, 5.41) is 0. The van der Waals surface area contributed by atoms with Crippen LogP contribution in [0.2, 0.25) is 0 Å². The highest BCUT2D eigenvalue weighted by Crippen LogP contribution is 2.37. The minimum atomic E-state index is -3.53. The molecule has 18 heavy (non-hydrogen) atoms. The maximum Gasteiger partial charge on any atom is 0.247 e. The zero-order chi connectivity index (χ0) is 13.5. The van der Waals surface area contributed by atoms with Gasteiger partial charge in [0.25, 0.3) is 0 Å². The fourth-order valence-electron chi connectivity index (χ4n) is 1.89. The summed E-state index contributed by atoms with van der Waals surface area (Å²) in [6.45, 7) is 1.94. The predicted molar refractivity (Wildman–Crippen MR) is 73.1 cm³/mol. The molecule has 1 aliphatic rings.